The maximum atomic E-state index is 12.5. The number of anilines is 1. The highest BCUT2D eigenvalue weighted by Crippen LogP contribution is 2.18. The highest BCUT2D eigenvalue weighted by atomic mass is 16.4. The molecule has 0 aliphatic carbocycles. The highest BCUT2D eigenvalue weighted by molar-refractivity contribution is 5.98. The Balaban J connectivity index is 2.07. The van der Waals surface area contributed by atoms with Crippen LogP contribution < -0.4 is 10.6 Å². The molecule has 2 aromatic carbocycles. The molecule has 0 bridgehead atoms. The molecule has 0 saturated carbocycles. The molecule has 148 valence electrons. The molecular weight excluding hydrogens is 356 g/mol. The van der Waals surface area contributed by atoms with Gasteiger partial charge in [0.1, 0.15) is 6.04 Å². The zero-order valence-electron chi connectivity index (χ0n) is 16.4. The van der Waals surface area contributed by atoms with E-state index in [0.717, 1.165) is 11.1 Å². The van der Waals surface area contributed by atoms with Crippen molar-refractivity contribution in [1.29, 1.82) is 0 Å². The Morgan fingerprint density at radius 3 is 2.29 bits per heavy atom. The minimum atomic E-state index is -1.09. The van der Waals surface area contributed by atoms with Crippen molar-refractivity contribution in [2.45, 2.75) is 39.7 Å². The molecule has 1 atom stereocenters. The van der Waals surface area contributed by atoms with Crippen molar-refractivity contribution in [2.75, 3.05) is 5.32 Å². The molecule has 0 aliphatic rings. The molecule has 0 aromatic heterocycles. The first-order chi connectivity index (χ1) is 13.3. The van der Waals surface area contributed by atoms with Gasteiger partial charge < -0.3 is 15.7 Å². The summed E-state index contributed by atoms with van der Waals surface area (Å²) in [5.74, 6) is -1.38. The first kappa shape index (κ1) is 21.2. The van der Waals surface area contributed by atoms with E-state index in [1.54, 1.807) is 25.1 Å². The highest BCUT2D eigenvalue weighted by Gasteiger charge is 2.21. The average Bonchev–Trinajstić information content (AvgIpc) is 2.62. The number of benzene rings is 2. The van der Waals surface area contributed by atoms with E-state index < -0.39 is 17.9 Å². The summed E-state index contributed by atoms with van der Waals surface area (Å²) < 4.78 is 0. The number of carbonyl (C=O) groups is 3. The summed E-state index contributed by atoms with van der Waals surface area (Å²) in [4.78, 5) is 36.0. The fraction of sp³-hybridized carbons (Fsp3) is 0.318. The maximum absolute atomic E-state index is 12.5. The third kappa shape index (κ3) is 6.23. The minimum absolute atomic E-state index is 0.0795. The maximum Gasteiger partial charge on any atom is 0.326 e. The fourth-order valence-electron chi connectivity index (χ4n) is 2.81. The first-order valence-electron chi connectivity index (χ1n) is 9.24. The van der Waals surface area contributed by atoms with Crippen LogP contribution in [0.15, 0.2) is 48.5 Å². The smallest absolute Gasteiger partial charge is 0.326 e. The second kappa shape index (κ2) is 9.69. The van der Waals surface area contributed by atoms with Gasteiger partial charge in [-0.25, -0.2) is 4.79 Å². The number of carbonyl (C=O) groups excluding carboxylic acids is 2. The Kier molecular flexibility index (Phi) is 7.32. The average molecular weight is 382 g/mol. The SMILES string of the molecule is Cc1cc(C(=O)N[C@@H](Cc2ccccc2)C(=O)O)ccc1NC(=O)CC(C)C. The van der Waals surface area contributed by atoms with Crippen molar-refractivity contribution in [3.05, 3.63) is 65.2 Å². The molecule has 28 heavy (non-hydrogen) atoms. The molecule has 0 radical (unpaired) electrons. The Morgan fingerprint density at radius 2 is 1.71 bits per heavy atom. The van der Waals surface area contributed by atoms with Crippen molar-refractivity contribution in [3.63, 3.8) is 0 Å². The summed E-state index contributed by atoms with van der Waals surface area (Å²) in [6.07, 6.45) is 0.617. The van der Waals surface area contributed by atoms with E-state index in [4.69, 9.17) is 0 Å². The van der Waals surface area contributed by atoms with Crippen LogP contribution >= 0.6 is 0 Å². The topological polar surface area (TPSA) is 95.5 Å². The van der Waals surface area contributed by atoms with Crippen molar-refractivity contribution < 1.29 is 19.5 Å². The Hall–Kier alpha value is -3.15. The molecule has 0 aliphatic heterocycles. The molecule has 6 nitrogen and oxygen atoms in total. The van der Waals surface area contributed by atoms with E-state index in [-0.39, 0.29) is 18.2 Å². The molecule has 0 saturated heterocycles. The molecule has 6 heteroatoms. The summed E-state index contributed by atoms with van der Waals surface area (Å²) in [6.45, 7) is 5.72. The van der Waals surface area contributed by atoms with Crippen LogP contribution in [0.5, 0.6) is 0 Å². The number of amides is 2. The van der Waals surface area contributed by atoms with Crippen LogP contribution in [-0.4, -0.2) is 28.9 Å². The Morgan fingerprint density at radius 1 is 1.04 bits per heavy atom. The summed E-state index contributed by atoms with van der Waals surface area (Å²) in [5.41, 5.74) is 2.55. The van der Waals surface area contributed by atoms with Crippen LogP contribution in [0.25, 0.3) is 0 Å². The fourth-order valence-corrected chi connectivity index (χ4v) is 2.81. The van der Waals surface area contributed by atoms with Crippen LogP contribution in [0.1, 0.15) is 41.8 Å². The number of hydrogen-bond donors (Lipinski definition) is 3. The van der Waals surface area contributed by atoms with E-state index >= 15 is 0 Å². The Labute approximate surface area is 165 Å². The van der Waals surface area contributed by atoms with E-state index in [1.165, 1.54) is 0 Å². The first-order valence-corrected chi connectivity index (χ1v) is 9.24. The second-order valence-electron chi connectivity index (χ2n) is 7.23. The van der Waals surface area contributed by atoms with Gasteiger partial charge in [-0.15, -0.1) is 0 Å². The number of carboxylic acids is 1. The molecular formula is C22H26N2O4. The lowest BCUT2D eigenvalue weighted by Gasteiger charge is -2.16. The zero-order valence-corrected chi connectivity index (χ0v) is 16.4. The number of rotatable bonds is 8. The second-order valence-corrected chi connectivity index (χ2v) is 7.23. The number of carboxylic acid groups (broad SMARTS) is 1. The van der Waals surface area contributed by atoms with E-state index in [9.17, 15) is 19.5 Å². The van der Waals surface area contributed by atoms with E-state index in [1.807, 2.05) is 44.2 Å². The van der Waals surface area contributed by atoms with Gasteiger partial charge in [0.05, 0.1) is 0 Å². The van der Waals surface area contributed by atoms with Gasteiger partial charge >= 0.3 is 5.97 Å². The van der Waals surface area contributed by atoms with Gasteiger partial charge in [-0.05, 0) is 42.2 Å². The summed E-state index contributed by atoms with van der Waals surface area (Å²) in [6, 6.07) is 13.0. The zero-order chi connectivity index (χ0) is 20.7. The van der Waals surface area contributed by atoms with Crippen molar-refractivity contribution in [1.82, 2.24) is 5.32 Å². The van der Waals surface area contributed by atoms with Gasteiger partial charge in [0.15, 0.2) is 0 Å². The molecule has 2 amide bonds. The van der Waals surface area contributed by atoms with Crippen LogP contribution in [-0.2, 0) is 16.0 Å². The molecule has 0 unspecified atom stereocenters. The lowest BCUT2D eigenvalue weighted by atomic mass is 10.0. The largest absolute Gasteiger partial charge is 0.480 e. The quantitative estimate of drug-likeness (QED) is 0.652. The molecule has 0 heterocycles. The molecule has 3 N–H and O–H groups in total. The van der Waals surface area contributed by atoms with Gasteiger partial charge in [-0.2, -0.15) is 0 Å². The third-order valence-electron chi connectivity index (χ3n) is 4.24. The number of nitrogens with one attached hydrogen (secondary N) is 2. The summed E-state index contributed by atoms with van der Waals surface area (Å²) >= 11 is 0. The number of aliphatic carboxylic acids is 1. The van der Waals surface area contributed by atoms with Gasteiger partial charge in [-0.3, -0.25) is 9.59 Å². The Bertz CT molecular complexity index is 847. The number of hydrogen-bond acceptors (Lipinski definition) is 3. The van der Waals surface area contributed by atoms with Crippen LogP contribution in [0.2, 0.25) is 0 Å². The van der Waals surface area contributed by atoms with Gasteiger partial charge in [0, 0.05) is 24.1 Å². The van der Waals surface area contributed by atoms with Gasteiger partial charge in [-0.1, -0.05) is 44.2 Å². The van der Waals surface area contributed by atoms with Crippen molar-refractivity contribution in [3.8, 4) is 0 Å². The normalized spacial score (nSPS) is 11.7. The summed E-state index contributed by atoms with van der Waals surface area (Å²) in [7, 11) is 0. The van der Waals surface area contributed by atoms with Gasteiger partial charge in [0.25, 0.3) is 5.91 Å². The van der Waals surface area contributed by atoms with Gasteiger partial charge in [0.2, 0.25) is 5.91 Å². The number of aryl methyl sites for hydroxylation is 1. The van der Waals surface area contributed by atoms with Crippen molar-refractivity contribution in [2.24, 2.45) is 5.92 Å². The molecule has 2 rings (SSSR count). The van der Waals surface area contributed by atoms with Crippen LogP contribution in [0.4, 0.5) is 5.69 Å². The van der Waals surface area contributed by atoms with Crippen LogP contribution in [0, 0.1) is 12.8 Å². The van der Waals surface area contributed by atoms with E-state index in [0.29, 0.717) is 17.7 Å². The van der Waals surface area contributed by atoms with E-state index in [2.05, 4.69) is 10.6 Å². The lowest BCUT2D eigenvalue weighted by molar-refractivity contribution is -0.139. The third-order valence-corrected chi connectivity index (χ3v) is 4.24. The molecule has 0 fully saturated rings. The predicted molar refractivity (Wildman–Crippen MR) is 108 cm³/mol. The molecule has 2 aromatic rings. The summed E-state index contributed by atoms with van der Waals surface area (Å²) in [5, 5.41) is 14.8. The standard InChI is InChI=1S/C22H26N2O4/c1-14(2)11-20(25)23-18-10-9-17(12-15(18)3)21(26)24-19(22(27)28)13-16-7-5-4-6-8-16/h4-10,12,14,19H,11,13H2,1-3H3,(H,23,25)(H,24,26)(H,27,28)/t19-/m0/s1. The lowest BCUT2D eigenvalue weighted by Crippen LogP contribution is -2.42. The van der Waals surface area contributed by atoms with Crippen LogP contribution in [0.3, 0.4) is 0 Å². The predicted octanol–water partition coefficient (Wildman–Crippen LogP) is 3.41. The molecule has 0 spiro atoms. The minimum Gasteiger partial charge on any atom is -0.480 e. The monoisotopic (exact) mass is 382 g/mol. The van der Waals surface area contributed by atoms with Crippen molar-refractivity contribution >= 4 is 23.5 Å².